The summed E-state index contributed by atoms with van der Waals surface area (Å²) in [5, 5.41) is 3.55. The number of hydrogen-bond donors (Lipinski definition) is 1. The minimum absolute atomic E-state index is 0.0794. The molecule has 9 heteroatoms. The fraction of sp³-hybridized carbons (Fsp3) is 0.0870. The fourth-order valence-electron chi connectivity index (χ4n) is 3.20. The molecule has 1 atom stereocenters. The van der Waals surface area contributed by atoms with Gasteiger partial charge in [0.25, 0.3) is 5.91 Å². The van der Waals surface area contributed by atoms with Crippen LogP contribution in [0.25, 0.3) is 10.9 Å². The summed E-state index contributed by atoms with van der Waals surface area (Å²) in [6.07, 6.45) is -1.88. The van der Waals surface area contributed by atoms with Gasteiger partial charge in [0.15, 0.2) is 0 Å². The Kier molecular flexibility index (Phi) is 5.72. The van der Waals surface area contributed by atoms with Gasteiger partial charge in [0.05, 0.1) is 11.6 Å². The zero-order chi connectivity index (χ0) is 22.7. The summed E-state index contributed by atoms with van der Waals surface area (Å²) in [5.74, 6) is -1.63. The number of hydrogen-bond acceptors (Lipinski definition) is 4. The Balaban J connectivity index is 1.66. The van der Waals surface area contributed by atoms with E-state index in [9.17, 15) is 22.4 Å². The van der Waals surface area contributed by atoms with Gasteiger partial charge in [0.2, 0.25) is 0 Å². The van der Waals surface area contributed by atoms with E-state index in [1.807, 2.05) is 6.07 Å². The van der Waals surface area contributed by atoms with Gasteiger partial charge in [0.1, 0.15) is 17.3 Å². The van der Waals surface area contributed by atoms with Gasteiger partial charge in [-0.15, -0.1) is 13.2 Å². The lowest BCUT2D eigenvalue weighted by Crippen LogP contribution is -2.30. The predicted octanol–water partition coefficient (Wildman–Crippen LogP) is 5.19. The lowest BCUT2D eigenvalue weighted by atomic mass is 10.0. The third-order valence-electron chi connectivity index (χ3n) is 4.65. The van der Waals surface area contributed by atoms with E-state index in [4.69, 9.17) is 0 Å². The number of amides is 1. The maximum Gasteiger partial charge on any atom is 0.573 e. The van der Waals surface area contributed by atoms with Gasteiger partial charge in [-0.1, -0.05) is 24.3 Å². The van der Waals surface area contributed by atoms with Crippen molar-refractivity contribution in [3.8, 4) is 5.75 Å². The Labute approximate surface area is 179 Å². The zero-order valence-electron chi connectivity index (χ0n) is 16.3. The number of nitrogens with one attached hydrogen (secondary N) is 1. The summed E-state index contributed by atoms with van der Waals surface area (Å²) in [4.78, 5) is 21.2. The topological polar surface area (TPSA) is 64.1 Å². The highest BCUT2D eigenvalue weighted by atomic mass is 19.4. The highest BCUT2D eigenvalue weighted by Gasteiger charge is 2.31. The number of carbonyl (C=O) groups is 1. The minimum atomic E-state index is -4.84. The second-order valence-corrected chi connectivity index (χ2v) is 6.80. The fourth-order valence-corrected chi connectivity index (χ4v) is 3.20. The van der Waals surface area contributed by atoms with Gasteiger partial charge in [0, 0.05) is 23.3 Å². The van der Waals surface area contributed by atoms with Crippen LogP contribution in [0.15, 0.2) is 79.1 Å². The first-order valence-electron chi connectivity index (χ1n) is 9.42. The third kappa shape index (κ3) is 4.83. The molecule has 0 saturated heterocycles. The van der Waals surface area contributed by atoms with E-state index in [0.717, 1.165) is 17.5 Å². The first-order valence-corrected chi connectivity index (χ1v) is 9.42. The van der Waals surface area contributed by atoms with Crippen molar-refractivity contribution >= 4 is 16.8 Å². The average molecular weight is 441 g/mol. The van der Waals surface area contributed by atoms with E-state index >= 15 is 0 Å². The maximum atomic E-state index is 14.5. The molecule has 1 N–H and O–H groups in total. The van der Waals surface area contributed by atoms with Gasteiger partial charge >= 0.3 is 6.36 Å². The van der Waals surface area contributed by atoms with Crippen LogP contribution in [0, 0.1) is 5.82 Å². The number of pyridine rings is 2. The van der Waals surface area contributed by atoms with Crippen molar-refractivity contribution in [3.63, 3.8) is 0 Å². The molecule has 0 aliphatic carbocycles. The summed E-state index contributed by atoms with van der Waals surface area (Å²) >= 11 is 0. The van der Waals surface area contributed by atoms with E-state index in [2.05, 4.69) is 20.0 Å². The molecular weight excluding hydrogens is 426 g/mol. The largest absolute Gasteiger partial charge is 0.573 e. The molecule has 4 rings (SSSR count). The van der Waals surface area contributed by atoms with Crippen molar-refractivity contribution in [3.05, 3.63) is 102 Å². The zero-order valence-corrected chi connectivity index (χ0v) is 16.3. The number of alkyl halides is 3. The number of ether oxygens (including phenoxy) is 1. The van der Waals surface area contributed by atoms with Crippen LogP contribution in [-0.4, -0.2) is 22.2 Å². The Hall–Kier alpha value is -4.01. The molecule has 0 aliphatic heterocycles. The van der Waals surface area contributed by atoms with Crippen molar-refractivity contribution < 1.29 is 27.1 Å². The summed E-state index contributed by atoms with van der Waals surface area (Å²) in [7, 11) is 0. The van der Waals surface area contributed by atoms with Gasteiger partial charge in [-0.05, 0) is 48.0 Å². The molecule has 0 saturated carbocycles. The molecule has 5 nitrogen and oxygen atoms in total. The number of halogens is 4. The Morgan fingerprint density at radius 2 is 1.66 bits per heavy atom. The second kappa shape index (κ2) is 8.62. The second-order valence-electron chi connectivity index (χ2n) is 6.80. The standard InChI is InChI=1S/C23H15F4N3O2/c24-18-4-2-12-29-21(18)20(15-7-9-17(10-8-15)32-23(25,26)27)30-22(31)16-6-5-14-3-1-11-28-19(14)13-16/h1-13,20H,(H,30,31)/t20-/m0/s1. The normalized spacial score (nSPS) is 12.4. The summed E-state index contributed by atoms with van der Waals surface area (Å²) in [6.45, 7) is 0. The molecule has 2 aromatic carbocycles. The number of benzene rings is 2. The number of carbonyl (C=O) groups excluding carboxylic acids is 1. The van der Waals surface area contributed by atoms with Crippen molar-refractivity contribution in [1.29, 1.82) is 0 Å². The molecule has 0 aliphatic rings. The van der Waals surface area contributed by atoms with Crippen LogP contribution < -0.4 is 10.1 Å². The first-order chi connectivity index (χ1) is 15.3. The highest BCUT2D eigenvalue weighted by molar-refractivity contribution is 5.98. The molecular formula is C23H15F4N3O2. The summed E-state index contributed by atoms with van der Waals surface area (Å²) < 4.78 is 55.7. The Bertz CT molecular complexity index is 1260. The number of aromatic nitrogens is 2. The lowest BCUT2D eigenvalue weighted by molar-refractivity contribution is -0.274. The van der Waals surface area contributed by atoms with Crippen LogP contribution in [-0.2, 0) is 0 Å². The van der Waals surface area contributed by atoms with E-state index in [1.165, 1.54) is 30.5 Å². The predicted molar refractivity (Wildman–Crippen MR) is 108 cm³/mol. The summed E-state index contributed by atoms with van der Waals surface area (Å²) in [5.41, 5.74) is 1.14. The van der Waals surface area contributed by atoms with E-state index in [1.54, 1.807) is 30.5 Å². The van der Waals surface area contributed by atoms with Crippen molar-refractivity contribution in [1.82, 2.24) is 15.3 Å². The first kappa shape index (κ1) is 21.2. The van der Waals surface area contributed by atoms with E-state index in [-0.39, 0.29) is 11.3 Å². The van der Waals surface area contributed by atoms with Crippen molar-refractivity contribution in [2.24, 2.45) is 0 Å². The highest BCUT2D eigenvalue weighted by Crippen LogP contribution is 2.28. The molecule has 0 spiro atoms. The smallest absolute Gasteiger partial charge is 0.406 e. The molecule has 0 fully saturated rings. The third-order valence-corrected chi connectivity index (χ3v) is 4.65. The monoisotopic (exact) mass is 441 g/mol. The SMILES string of the molecule is O=C(N[C@@H](c1ccc(OC(F)(F)F)cc1)c1ncccc1F)c1ccc2cccnc2c1. The van der Waals surface area contributed by atoms with Crippen LogP contribution in [0.4, 0.5) is 17.6 Å². The quantitative estimate of drug-likeness (QED) is 0.433. The van der Waals surface area contributed by atoms with Crippen LogP contribution in [0.3, 0.4) is 0 Å². The van der Waals surface area contributed by atoms with Gasteiger partial charge in [-0.25, -0.2) is 4.39 Å². The van der Waals surface area contributed by atoms with Crippen LogP contribution in [0.5, 0.6) is 5.75 Å². The maximum absolute atomic E-state index is 14.5. The summed E-state index contributed by atoms with van der Waals surface area (Å²) in [6, 6.07) is 14.9. The van der Waals surface area contributed by atoms with Gasteiger partial charge in [-0.3, -0.25) is 14.8 Å². The molecule has 2 heterocycles. The van der Waals surface area contributed by atoms with Crippen LogP contribution in [0.1, 0.15) is 27.7 Å². The van der Waals surface area contributed by atoms with Gasteiger partial charge < -0.3 is 10.1 Å². The van der Waals surface area contributed by atoms with Crippen LogP contribution >= 0.6 is 0 Å². The molecule has 0 unspecified atom stereocenters. The average Bonchev–Trinajstić information content (AvgIpc) is 2.77. The number of fused-ring (bicyclic) bond motifs is 1. The number of nitrogens with zero attached hydrogens (tertiary/aromatic N) is 2. The van der Waals surface area contributed by atoms with E-state index in [0.29, 0.717) is 11.1 Å². The lowest BCUT2D eigenvalue weighted by Gasteiger charge is -2.20. The van der Waals surface area contributed by atoms with Crippen molar-refractivity contribution in [2.75, 3.05) is 0 Å². The Morgan fingerprint density at radius 3 is 2.38 bits per heavy atom. The Morgan fingerprint density at radius 1 is 0.938 bits per heavy atom. The molecule has 32 heavy (non-hydrogen) atoms. The molecule has 1 amide bonds. The molecule has 0 radical (unpaired) electrons. The number of rotatable bonds is 5. The molecule has 0 bridgehead atoms. The van der Waals surface area contributed by atoms with Gasteiger partial charge in [-0.2, -0.15) is 0 Å². The molecule has 162 valence electrons. The molecule has 2 aromatic heterocycles. The van der Waals surface area contributed by atoms with E-state index < -0.39 is 29.9 Å². The molecule has 4 aromatic rings. The van der Waals surface area contributed by atoms with Crippen molar-refractivity contribution in [2.45, 2.75) is 12.4 Å². The minimum Gasteiger partial charge on any atom is -0.406 e. The van der Waals surface area contributed by atoms with Crippen LogP contribution in [0.2, 0.25) is 0 Å².